The fraction of sp³-hybridized carbons (Fsp3) is 0.0909. The second-order valence-corrected chi connectivity index (χ2v) is 5.91. The van der Waals surface area contributed by atoms with Crippen LogP contribution in [0.5, 0.6) is 11.5 Å². The predicted octanol–water partition coefficient (Wildman–Crippen LogP) is 3.97. The molecule has 0 bridgehead atoms. The number of carbonyl (C=O) groups excluding carboxylic acids is 2. The number of methoxy groups -OCH3 is 1. The van der Waals surface area contributed by atoms with Gasteiger partial charge in [-0.1, -0.05) is 24.3 Å². The van der Waals surface area contributed by atoms with Gasteiger partial charge in [0.15, 0.2) is 6.61 Å². The monoisotopic (exact) mass is 376 g/mol. The number of ether oxygens (including phenoxy) is 2. The Morgan fingerprint density at radius 3 is 2.25 bits per heavy atom. The Kier molecular flexibility index (Phi) is 6.25. The SMILES string of the molecule is COc1ccc(NC(=O)COc2cccc(NC(=O)c3ccccc3)c2)cc1. The number of hydrogen-bond acceptors (Lipinski definition) is 4. The summed E-state index contributed by atoms with van der Waals surface area (Å²) < 4.78 is 10.6. The van der Waals surface area contributed by atoms with E-state index in [9.17, 15) is 9.59 Å². The summed E-state index contributed by atoms with van der Waals surface area (Å²) in [7, 11) is 1.58. The zero-order valence-electron chi connectivity index (χ0n) is 15.3. The minimum atomic E-state index is -0.288. The van der Waals surface area contributed by atoms with E-state index in [1.807, 2.05) is 6.07 Å². The van der Waals surface area contributed by atoms with Gasteiger partial charge in [-0.2, -0.15) is 0 Å². The van der Waals surface area contributed by atoms with Crippen molar-refractivity contribution < 1.29 is 19.1 Å². The van der Waals surface area contributed by atoms with Gasteiger partial charge in [-0.05, 0) is 48.5 Å². The summed E-state index contributed by atoms with van der Waals surface area (Å²) in [4.78, 5) is 24.3. The molecule has 3 aromatic carbocycles. The van der Waals surface area contributed by atoms with Gasteiger partial charge in [0.1, 0.15) is 11.5 Å². The third-order valence-corrected chi connectivity index (χ3v) is 3.87. The van der Waals surface area contributed by atoms with Crippen LogP contribution in [0.2, 0.25) is 0 Å². The zero-order chi connectivity index (χ0) is 19.8. The number of carbonyl (C=O) groups is 2. The molecule has 0 aliphatic carbocycles. The van der Waals surface area contributed by atoms with E-state index in [1.54, 1.807) is 79.9 Å². The molecule has 0 heterocycles. The Balaban J connectivity index is 1.53. The molecule has 2 N–H and O–H groups in total. The van der Waals surface area contributed by atoms with Crippen molar-refractivity contribution in [3.8, 4) is 11.5 Å². The number of amides is 2. The minimum absolute atomic E-state index is 0.151. The molecule has 0 radical (unpaired) electrons. The van der Waals surface area contributed by atoms with Crippen LogP contribution < -0.4 is 20.1 Å². The number of nitrogens with one attached hydrogen (secondary N) is 2. The van der Waals surface area contributed by atoms with Crippen molar-refractivity contribution in [1.82, 2.24) is 0 Å². The van der Waals surface area contributed by atoms with Crippen LogP contribution in [-0.2, 0) is 4.79 Å². The van der Waals surface area contributed by atoms with Crippen molar-refractivity contribution in [2.45, 2.75) is 0 Å². The molecule has 0 atom stereocenters. The third-order valence-electron chi connectivity index (χ3n) is 3.87. The summed E-state index contributed by atoms with van der Waals surface area (Å²) in [5, 5.41) is 5.55. The highest BCUT2D eigenvalue weighted by Gasteiger charge is 2.07. The Morgan fingerprint density at radius 2 is 1.54 bits per heavy atom. The largest absolute Gasteiger partial charge is 0.497 e. The lowest BCUT2D eigenvalue weighted by Gasteiger charge is -2.10. The van der Waals surface area contributed by atoms with Crippen LogP contribution in [0.1, 0.15) is 10.4 Å². The predicted molar refractivity (Wildman–Crippen MR) is 108 cm³/mol. The van der Waals surface area contributed by atoms with Crippen molar-refractivity contribution in [3.05, 3.63) is 84.4 Å². The highest BCUT2D eigenvalue weighted by atomic mass is 16.5. The first-order valence-electron chi connectivity index (χ1n) is 8.67. The summed E-state index contributed by atoms with van der Waals surface area (Å²) in [5.74, 6) is 0.693. The molecule has 0 unspecified atom stereocenters. The van der Waals surface area contributed by atoms with Gasteiger partial charge in [-0.3, -0.25) is 9.59 Å². The van der Waals surface area contributed by atoms with Crippen LogP contribution >= 0.6 is 0 Å². The molecule has 6 nitrogen and oxygen atoms in total. The fourth-order valence-electron chi connectivity index (χ4n) is 2.48. The van der Waals surface area contributed by atoms with Gasteiger partial charge in [0, 0.05) is 23.0 Å². The van der Waals surface area contributed by atoms with E-state index in [2.05, 4.69) is 10.6 Å². The van der Waals surface area contributed by atoms with Crippen molar-refractivity contribution in [2.75, 3.05) is 24.4 Å². The Bertz CT molecular complexity index is 940. The van der Waals surface area contributed by atoms with Crippen LogP contribution in [-0.4, -0.2) is 25.5 Å². The van der Waals surface area contributed by atoms with Crippen LogP contribution in [0.15, 0.2) is 78.9 Å². The fourth-order valence-corrected chi connectivity index (χ4v) is 2.48. The number of rotatable bonds is 7. The van der Waals surface area contributed by atoms with Crippen molar-refractivity contribution >= 4 is 23.2 Å². The first-order valence-corrected chi connectivity index (χ1v) is 8.67. The molecular formula is C22H20N2O4. The first kappa shape index (κ1) is 19.0. The Labute approximate surface area is 163 Å². The van der Waals surface area contributed by atoms with Crippen molar-refractivity contribution in [3.63, 3.8) is 0 Å². The highest BCUT2D eigenvalue weighted by Crippen LogP contribution is 2.19. The molecule has 3 aromatic rings. The number of anilines is 2. The maximum Gasteiger partial charge on any atom is 0.262 e. The molecular weight excluding hydrogens is 356 g/mol. The molecule has 142 valence electrons. The average Bonchev–Trinajstić information content (AvgIpc) is 2.74. The highest BCUT2D eigenvalue weighted by molar-refractivity contribution is 6.04. The molecule has 6 heteroatoms. The molecule has 0 saturated heterocycles. The maximum atomic E-state index is 12.2. The average molecular weight is 376 g/mol. The Morgan fingerprint density at radius 1 is 0.786 bits per heavy atom. The quantitative estimate of drug-likeness (QED) is 0.654. The number of hydrogen-bond donors (Lipinski definition) is 2. The molecule has 2 amide bonds. The van der Waals surface area contributed by atoms with Crippen LogP contribution in [0.3, 0.4) is 0 Å². The second kappa shape index (κ2) is 9.23. The lowest BCUT2D eigenvalue weighted by Crippen LogP contribution is -2.20. The number of benzene rings is 3. The van der Waals surface area contributed by atoms with Gasteiger partial charge in [0.25, 0.3) is 11.8 Å². The van der Waals surface area contributed by atoms with Crippen LogP contribution in [0, 0.1) is 0 Å². The molecule has 28 heavy (non-hydrogen) atoms. The van der Waals surface area contributed by atoms with Gasteiger partial charge in [-0.15, -0.1) is 0 Å². The standard InChI is InChI=1S/C22H20N2O4/c1-27-19-12-10-17(11-13-19)23-21(25)15-28-20-9-5-8-18(14-20)24-22(26)16-6-3-2-4-7-16/h2-14H,15H2,1H3,(H,23,25)(H,24,26). The summed E-state index contributed by atoms with van der Waals surface area (Å²) in [5.41, 5.74) is 1.80. The molecule has 0 saturated carbocycles. The molecule has 0 aliphatic rings. The lowest BCUT2D eigenvalue weighted by molar-refractivity contribution is -0.118. The van der Waals surface area contributed by atoms with Gasteiger partial charge in [0.2, 0.25) is 0 Å². The lowest BCUT2D eigenvalue weighted by atomic mass is 10.2. The van der Waals surface area contributed by atoms with Gasteiger partial charge in [0.05, 0.1) is 7.11 Å². The summed E-state index contributed by atoms with van der Waals surface area (Å²) >= 11 is 0. The summed E-state index contributed by atoms with van der Waals surface area (Å²) in [6.45, 7) is -0.151. The maximum absolute atomic E-state index is 12.2. The second-order valence-electron chi connectivity index (χ2n) is 5.91. The van der Waals surface area contributed by atoms with E-state index in [0.29, 0.717) is 28.4 Å². The van der Waals surface area contributed by atoms with E-state index in [0.717, 1.165) is 0 Å². The Hall–Kier alpha value is -3.80. The van der Waals surface area contributed by atoms with E-state index >= 15 is 0 Å². The van der Waals surface area contributed by atoms with Gasteiger partial charge in [-0.25, -0.2) is 0 Å². The summed E-state index contributed by atoms with van der Waals surface area (Å²) in [6.07, 6.45) is 0. The third kappa shape index (κ3) is 5.35. The molecule has 0 fully saturated rings. The van der Waals surface area contributed by atoms with Crippen LogP contribution in [0.4, 0.5) is 11.4 Å². The normalized spacial score (nSPS) is 10.0. The minimum Gasteiger partial charge on any atom is -0.497 e. The first-order chi connectivity index (χ1) is 13.6. The molecule has 0 aliphatic heterocycles. The van der Waals surface area contributed by atoms with Gasteiger partial charge < -0.3 is 20.1 Å². The molecule has 0 spiro atoms. The van der Waals surface area contributed by atoms with E-state index in [-0.39, 0.29) is 18.4 Å². The van der Waals surface area contributed by atoms with Crippen molar-refractivity contribution in [2.24, 2.45) is 0 Å². The van der Waals surface area contributed by atoms with Gasteiger partial charge >= 0.3 is 0 Å². The van der Waals surface area contributed by atoms with E-state index in [4.69, 9.17) is 9.47 Å². The summed E-state index contributed by atoms with van der Waals surface area (Å²) in [6, 6.07) is 22.8. The van der Waals surface area contributed by atoms with Crippen molar-refractivity contribution in [1.29, 1.82) is 0 Å². The van der Waals surface area contributed by atoms with E-state index < -0.39 is 0 Å². The molecule has 0 aromatic heterocycles. The smallest absolute Gasteiger partial charge is 0.262 e. The van der Waals surface area contributed by atoms with E-state index in [1.165, 1.54) is 0 Å². The zero-order valence-corrected chi connectivity index (χ0v) is 15.3. The van der Waals surface area contributed by atoms with Crippen LogP contribution in [0.25, 0.3) is 0 Å². The topological polar surface area (TPSA) is 76.7 Å². The molecule has 3 rings (SSSR count).